The zero-order valence-corrected chi connectivity index (χ0v) is 10.0. The molecule has 0 spiro atoms. The summed E-state index contributed by atoms with van der Waals surface area (Å²) in [7, 11) is 0. The molecule has 4 nitrogen and oxygen atoms in total. The second-order valence-electron chi connectivity index (χ2n) is 4.26. The van der Waals surface area contributed by atoms with Gasteiger partial charge in [-0.05, 0) is 31.4 Å². The standard InChI is InChI=1S/C12H13ClN2O2/c13-8-4-3-5-9-11(8)15(12(16)14-9)10-6-1-2-7-17-10/h3-5,10H,1-2,6-7H2,(H,14,16). The summed E-state index contributed by atoms with van der Waals surface area (Å²) in [4.78, 5) is 14.8. The molecule has 17 heavy (non-hydrogen) atoms. The van der Waals surface area contributed by atoms with Crippen LogP contribution in [0.1, 0.15) is 25.5 Å². The second-order valence-corrected chi connectivity index (χ2v) is 4.66. The summed E-state index contributed by atoms with van der Waals surface area (Å²) in [5.41, 5.74) is 1.35. The fourth-order valence-electron chi connectivity index (χ4n) is 2.34. The van der Waals surface area contributed by atoms with E-state index >= 15 is 0 Å². The lowest BCUT2D eigenvalue weighted by Gasteiger charge is -2.23. The van der Waals surface area contributed by atoms with Gasteiger partial charge in [0.2, 0.25) is 0 Å². The highest BCUT2D eigenvalue weighted by Gasteiger charge is 2.21. The summed E-state index contributed by atoms with van der Waals surface area (Å²) >= 11 is 6.16. The molecule has 1 aromatic carbocycles. The van der Waals surface area contributed by atoms with Crippen molar-refractivity contribution in [2.75, 3.05) is 6.61 Å². The van der Waals surface area contributed by atoms with Crippen LogP contribution in [0.3, 0.4) is 0 Å². The van der Waals surface area contributed by atoms with Crippen molar-refractivity contribution in [2.45, 2.75) is 25.5 Å². The average Bonchev–Trinajstić information content (AvgIpc) is 2.68. The van der Waals surface area contributed by atoms with E-state index in [4.69, 9.17) is 16.3 Å². The van der Waals surface area contributed by atoms with Gasteiger partial charge >= 0.3 is 5.69 Å². The van der Waals surface area contributed by atoms with Crippen LogP contribution < -0.4 is 5.69 Å². The zero-order valence-electron chi connectivity index (χ0n) is 9.28. The van der Waals surface area contributed by atoms with Gasteiger partial charge in [-0.25, -0.2) is 4.79 Å². The third kappa shape index (κ3) is 1.77. The molecule has 0 amide bonds. The molecule has 1 aromatic heterocycles. The van der Waals surface area contributed by atoms with Gasteiger partial charge in [0.25, 0.3) is 0 Å². The van der Waals surface area contributed by atoms with Crippen molar-refractivity contribution in [3.8, 4) is 0 Å². The Morgan fingerprint density at radius 2 is 2.29 bits per heavy atom. The molecule has 1 atom stereocenters. The molecule has 3 rings (SSSR count). The van der Waals surface area contributed by atoms with Crippen LogP contribution in [-0.4, -0.2) is 16.2 Å². The number of hydrogen-bond donors (Lipinski definition) is 1. The monoisotopic (exact) mass is 252 g/mol. The van der Waals surface area contributed by atoms with Gasteiger partial charge in [-0.2, -0.15) is 0 Å². The Bertz CT molecular complexity index is 596. The average molecular weight is 253 g/mol. The van der Waals surface area contributed by atoms with E-state index in [0.717, 1.165) is 30.3 Å². The molecule has 1 unspecified atom stereocenters. The predicted octanol–water partition coefficient (Wildman–Crippen LogP) is 2.68. The number of benzene rings is 1. The van der Waals surface area contributed by atoms with Crippen LogP contribution in [0, 0.1) is 0 Å². The van der Waals surface area contributed by atoms with Gasteiger partial charge in [0.05, 0.1) is 16.1 Å². The Labute approximate surface area is 103 Å². The fraction of sp³-hybridized carbons (Fsp3) is 0.417. The number of aromatic amines is 1. The summed E-state index contributed by atoms with van der Waals surface area (Å²) in [6.07, 6.45) is 2.80. The minimum atomic E-state index is -0.190. The van der Waals surface area contributed by atoms with Gasteiger partial charge in [0.1, 0.15) is 6.23 Å². The summed E-state index contributed by atoms with van der Waals surface area (Å²) < 4.78 is 7.29. The number of H-pyrrole nitrogens is 1. The number of fused-ring (bicyclic) bond motifs is 1. The molecule has 0 radical (unpaired) electrons. The van der Waals surface area contributed by atoms with E-state index in [2.05, 4.69) is 4.98 Å². The number of ether oxygens (including phenoxy) is 1. The van der Waals surface area contributed by atoms with Crippen molar-refractivity contribution < 1.29 is 4.74 Å². The molecule has 1 fully saturated rings. The van der Waals surface area contributed by atoms with E-state index in [0.29, 0.717) is 11.6 Å². The molecule has 1 N–H and O–H groups in total. The molecule has 2 heterocycles. The van der Waals surface area contributed by atoms with Gasteiger partial charge in [-0.15, -0.1) is 0 Å². The van der Waals surface area contributed by atoms with Gasteiger partial charge < -0.3 is 9.72 Å². The van der Waals surface area contributed by atoms with E-state index in [1.54, 1.807) is 10.6 Å². The molecule has 1 aliphatic heterocycles. The van der Waals surface area contributed by atoms with Crippen LogP contribution in [0.25, 0.3) is 11.0 Å². The maximum atomic E-state index is 12.0. The Morgan fingerprint density at radius 3 is 3.06 bits per heavy atom. The minimum absolute atomic E-state index is 0.153. The van der Waals surface area contributed by atoms with Crippen molar-refractivity contribution >= 4 is 22.6 Å². The lowest BCUT2D eigenvalue weighted by Crippen LogP contribution is -2.26. The molecule has 0 aliphatic carbocycles. The number of halogens is 1. The first kappa shape index (κ1) is 10.9. The maximum absolute atomic E-state index is 12.0. The molecule has 90 valence electrons. The van der Waals surface area contributed by atoms with Crippen LogP contribution >= 0.6 is 11.6 Å². The molecule has 1 aliphatic rings. The lowest BCUT2D eigenvalue weighted by atomic mass is 10.2. The quantitative estimate of drug-likeness (QED) is 0.848. The fourth-order valence-corrected chi connectivity index (χ4v) is 2.61. The first-order chi connectivity index (χ1) is 8.27. The van der Waals surface area contributed by atoms with E-state index in [-0.39, 0.29) is 11.9 Å². The molecule has 0 bridgehead atoms. The van der Waals surface area contributed by atoms with Gasteiger partial charge in [0, 0.05) is 6.61 Å². The highest BCUT2D eigenvalue weighted by atomic mass is 35.5. The number of nitrogens with zero attached hydrogens (tertiary/aromatic N) is 1. The van der Waals surface area contributed by atoms with Crippen LogP contribution in [0.2, 0.25) is 5.02 Å². The Kier molecular flexibility index (Phi) is 2.68. The topological polar surface area (TPSA) is 47.0 Å². The van der Waals surface area contributed by atoms with Gasteiger partial charge in [-0.1, -0.05) is 17.7 Å². The first-order valence-corrected chi connectivity index (χ1v) is 6.15. The van der Waals surface area contributed by atoms with Crippen molar-refractivity contribution in [3.63, 3.8) is 0 Å². The number of rotatable bonds is 1. The van der Waals surface area contributed by atoms with E-state index in [1.807, 2.05) is 12.1 Å². The van der Waals surface area contributed by atoms with Gasteiger partial charge in [-0.3, -0.25) is 4.57 Å². The molecule has 2 aromatic rings. The number of hydrogen-bond acceptors (Lipinski definition) is 2. The van der Waals surface area contributed by atoms with Gasteiger partial charge in [0.15, 0.2) is 0 Å². The largest absolute Gasteiger partial charge is 0.358 e. The molecular formula is C12H13ClN2O2. The highest BCUT2D eigenvalue weighted by molar-refractivity contribution is 6.34. The summed E-state index contributed by atoms with van der Waals surface area (Å²) in [6, 6.07) is 5.46. The Hall–Kier alpha value is -1.26. The smallest absolute Gasteiger partial charge is 0.328 e. The first-order valence-electron chi connectivity index (χ1n) is 5.78. The zero-order chi connectivity index (χ0) is 11.8. The van der Waals surface area contributed by atoms with Crippen LogP contribution in [0.5, 0.6) is 0 Å². The van der Waals surface area contributed by atoms with Crippen molar-refractivity contribution in [2.24, 2.45) is 0 Å². The number of para-hydroxylation sites is 1. The van der Waals surface area contributed by atoms with E-state index in [1.165, 1.54) is 0 Å². The molecule has 1 saturated heterocycles. The third-order valence-electron chi connectivity index (χ3n) is 3.13. The van der Waals surface area contributed by atoms with E-state index < -0.39 is 0 Å². The minimum Gasteiger partial charge on any atom is -0.358 e. The summed E-state index contributed by atoms with van der Waals surface area (Å²) in [5, 5.41) is 0.579. The summed E-state index contributed by atoms with van der Waals surface area (Å²) in [5.74, 6) is 0. The predicted molar refractivity (Wildman–Crippen MR) is 66.4 cm³/mol. The molecule has 5 heteroatoms. The van der Waals surface area contributed by atoms with Crippen molar-refractivity contribution in [3.05, 3.63) is 33.7 Å². The third-order valence-corrected chi connectivity index (χ3v) is 3.44. The normalized spacial score (nSPS) is 20.9. The highest BCUT2D eigenvalue weighted by Crippen LogP contribution is 2.28. The number of nitrogens with one attached hydrogen (secondary N) is 1. The SMILES string of the molecule is O=c1[nH]c2cccc(Cl)c2n1C1CCCCO1. The maximum Gasteiger partial charge on any atom is 0.328 e. The number of imidazole rings is 1. The lowest BCUT2D eigenvalue weighted by molar-refractivity contribution is -0.0313. The summed E-state index contributed by atoms with van der Waals surface area (Å²) in [6.45, 7) is 0.703. The van der Waals surface area contributed by atoms with E-state index in [9.17, 15) is 4.79 Å². The van der Waals surface area contributed by atoms with Crippen molar-refractivity contribution in [1.29, 1.82) is 0 Å². The van der Waals surface area contributed by atoms with Crippen molar-refractivity contribution in [1.82, 2.24) is 9.55 Å². The molecule has 0 saturated carbocycles. The Balaban J connectivity index is 2.20. The molecular weight excluding hydrogens is 240 g/mol. The Morgan fingerprint density at radius 1 is 1.41 bits per heavy atom. The number of aromatic nitrogens is 2. The van der Waals surface area contributed by atoms with Crippen LogP contribution in [-0.2, 0) is 4.74 Å². The van der Waals surface area contributed by atoms with Crippen LogP contribution in [0.4, 0.5) is 0 Å². The van der Waals surface area contributed by atoms with Crippen LogP contribution in [0.15, 0.2) is 23.0 Å². The second kappa shape index (κ2) is 4.20.